The van der Waals surface area contributed by atoms with E-state index >= 15 is 0 Å². The van der Waals surface area contributed by atoms with Crippen molar-refractivity contribution in [2.45, 2.75) is 58.7 Å². The monoisotopic (exact) mass is 406 g/mol. The molecule has 0 spiro atoms. The highest BCUT2D eigenvalue weighted by Gasteiger charge is 2.36. The smallest absolute Gasteiger partial charge is 0.258 e. The number of hydrogen-bond acceptors (Lipinski definition) is 9. The molecule has 0 fully saturated rings. The molecule has 9 heteroatoms. The van der Waals surface area contributed by atoms with Crippen LogP contribution in [0.2, 0.25) is 0 Å². The number of methoxy groups -OCH3 is 2. The predicted octanol–water partition coefficient (Wildman–Crippen LogP) is 2.67. The van der Waals surface area contributed by atoms with Gasteiger partial charge < -0.3 is 23.5 Å². The van der Waals surface area contributed by atoms with Gasteiger partial charge in [-0.1, -0.05) is 13.8 Å². The largest absolute Gasteiger partial charge is 0.483 e. The van der Waals surface area contributed by atoms with E-state index in [4.69, 9.17) is 33.5 Å². The maximum Gasteiger partial charge on any atom is 0.258 e. The van der Waals surface area contributed by atoms with E-state index in [1.165, 1.54) is 0 Å². The van der Waals surface area contributed by atoms with Crippen LogP contribution in [-0.4, -0.2) is 67.9 Å². The molecule has 1 aromatic heterocycles. The molecule has 0 bridgehead atoms. The highest BCUT2D eigenvalue weighted by molar-refractivity contribution is 5.96. The lowest BCUT2D eigenvalue weighted by molar-refractivity contribution is 0.268. The van der Waals surface area contributed by atoms with E-state index < -0.39 is 6.04 Å². The average Bonchev–Trinajstić information content (AvgIpc) is 3.24. The zero-order valence-electron chi connectivity index (χ0n) is 18.2. The van der Waals surface area contributed by atoms with E-state index in [9.17, 15) is 0 Å². The van der Waals surface area contributed by atoms with E-state index in [2.05, 4.69) is 24.0 Å². The molecular weight excluding hydrogens is 376 g/mol. The fraction of sp³-hybridized carbons (Fsp3) is 0.700. The second kappa shape index (κ2) is 8.42. The zero-order valence-corrected chi connectivity index (χ0v) is 18.2. The lowest BCUT2D eigenvalue weighted by Crippen LogP contribution is -2.38. The lowest BCUT2D eigenvalue weighted by atomic mass is 10.0. The summed E-state index contributed by atoms with van der Waals surface area (Å²) in [7, 11) is 3.21. The highest BCUT2D eigenvalue weighted by atomic mass is 16.6. The van der Waals surface area contributed by atoms with Crippen LogP contribution in [0.15, 0.2) is 19.5 Å². The van der Waals surface area contributed by atoms with Gasteiger partial charge in [-0.2, -0.15) is 0 Å². The zero-order chi connectivity index (χ0) is 21.2. The number of aliphatic imine (C=N–C) groups is 3. The summed E-state index contributed by atoms with van der Waals surface area (Å²) in [4.78, 5) is 14.1. The molecule has 1 aromatic rings. The normalized spacial score (nSPS) is 23.2. The Morgan fingerprint density at radius 1 is 1.14 bits per heavy atom. The van der Waals surface area contributed by atoms with Crippen LogP contribution < -0.4 is 4.74 Å². The Balaban J connectivity index is 1.97. The van der Waals surface area contributed by atoms with Crippen molar-refractivity contribution in [1.29, 1.82) is 0 Å². The molecule has 160 valence electrons. The van der Waals surface area contributed by atoms with E-state index in [1.54, 1.807) is 14.2 Å². The van der Waals surface area contributed by atoms with E-state index in [0.717, 1.165) is 5.56 Å². The minimum atomic E-state index is -0.391. The van der Waals surface area contributed by atoms with Crippen molar-refractivity contribution in [2.24, 2.45) is 20.9 Å². The van der Waals surface area contributed by atoms with Crippen molar-refractivity contribution in [2.75, 3.05) is 27.4 Å². The summed E-state index contributed by atoms with van der Waals surface area (Å²) in [5, 5.41) is 4.08. The van der Waals surface area contributed by atoms with Crippen LogP contribution in [0.5, 0.6) is 5.88 Å². The van der Waals surface area contributed by atoms with Crippen molar-refractivity contribution in [3.63, 3.8) is 0 Å². The maximum absolute atomic E-state index is 5.76. The fourth-order valence-corrected chi connectivity index (χ4v) is 3.28. The first kappa shape index (κ1) is 21.1. The van der Waals surface area contributed by atoms with Gasteiger partial charge in [-0.15, -0.1) is 0 Å². The van der Waals surface area contributed by atoms with Crippen LogP contribution in [0, 0.1) is 5.92 Å². The Bertz CT molecular complexity index is 825. The molecule has 2 atom stereocenters. The number of aromatic nitrogens is 1. The topological polar surface area (TPSA) is 100 Å². The van der Waals surface area contributed by atoms with Crippen LogP contribution in [0.4, 0.5) is 0 Å². The Hall–Kier alpha value is -2.58. The Kier molecular flexibility index (Phi) is 6.14. The summed E-state index contributed by atoms with van der Waals surface area (Å²) in [6, 6.07) is -0.569. The van der Waals surface area contributed by atoms with Crippen molar-refractivity contribution in [3.05, 3.63) is 11.3 Å². The molecule has 0 N–H and O–H groups in total. The van der Waals surface area contributed by atoms with Gasteiger partial charge in [0.15, 0.2) is 0 Å². The second-order valence-electron chi connectivity index (χ2n) is 8.00. The van der Waals surface area contributed by atoms with E-state index in [-0.39, 0.29) is 17.5 Å². The van der Waals surface area contributed by atoms with E-state index in [0.29, 0.717) is 49.0 Å². The molecule has 0 amide bonds. The Morgan fingerprint density at radius 3 is 2.41 bits per heavy atom. The van der Waals surface area contributed by atoms with Crippen LogP contribution in [0.3, 0.4) is 0 Å². The summed E-state index contributed by atoms with van der Waals surface area (Å²) in [6.45, 7) is 11.0. The molecule has 0 radical (unpaired) electrons. The summed E-state index contributed by atoms with van der Waals surface area (Å²) in [5.41, 5.74) is 0.404. The first-order valence-corrected chi connectivity index (χ1v) is 9.87. The quantitative estimate of drug-likeness (QED) is 0.720. The van der Waals surface area contributed by atoms with Gasteiger partial charge in [-0.05, 0) is 31.8 Å². The van der Waals surface area contributed by atoms with Gasteiger partial charge in [-0.25, -0.2) is 15.0 Å². The molecule has 3 heterocycles. The van der Waals surface area contributed by atoms with Gasteiger partial charge in [0.05, 0.1) is 31.9 Å². The fourth-order valence-electron chi connectivity index (χ4n) is 3.28. The van der Waals surface area contributed by atoms with Crippen LogP contribution in [0.1, 0.15) is 45.9 Å². The first-order chi connectivity index (χ1) is 13.8. The maximum atomic E-state index is 5.76. The Labute approximate surface area is 171 Å². The minimum Gasteiger partial charge on any atom is -0.483 e. The van der Waals surface area contributed by atoms with Crippen molar-refractivity contribution < 1.29 is 23.5 Å². The lowest BCUT2D eigenvalue weighted by Gasteiger charge is -2.27. The molecule has 29 heavy (non-hydrogen) atoms. The molecule has 2 aliphatic rings. The third-order valence-corrected chi connectivity index (χ3v) is 4.73. The Morgan fingerprint density at radius 2 is 1.86 bits per heavy atom. The van der Waals surface area contributed by atoms with Gasteiger partial charge in [0.25, 0.3) is 11.8 Å². The molecule has 9 nitrogen and oxygen atoms in total. The predicted molar refractivity (Wildman–Crippen MR) is 109 cm³/mol. The number of hydrogen-bond donors (Lipinski definition) is 0. The molecule has 0 unspecified atom stereocenters. The average molecular weight is 406 g/mol. The van der Waals surface area contributed by atoms with Crippen molar-refractivity contribution >= 4 is 17.7 Å². The van der Waals surface area contributed by atoms with E-state index in [1.807, 2.05) is 20.8 Å². The molecule has 3 rings (SSSR count). The van der Waals surface area contributed by atoms with Crippen molar-refractivity contribution in [3.8, 4) is 5.88 Å². The molecule has 0 saturated carbocycles. The van der Waals surface area contributed by atoms with Crippen molar-refractivity contribution in [1.82, 2.24) is 5.16 Å². The summed E-state index contributed by atoms with van der Waals surface area (Å²) >= 11 is 0. The third kappa shape index (κ3) is 4.38. The summed E-state index contributed by atoms with van der Waals surface area (Å²) < 4.78 is 28.1. The molecule has 0 saturated heterocycles. The van der Waals surface area contributed by atoms with Gasteiger partial charge in [0.1, 0.15) is 18.7 Å². The van der Waals surface area contributed by atoms with Gasteiger partial charge in [-0.3, -0.25) is 0 Å². The van der Waals surface area contributed by atoms with Crippen LogP contribution >= 0.6 is 0 Å². The number of nitrogens with zero attached hydrogens (tertiary/aromatic N) is 4. The molecule has 0 aromatic carbocycles. The van der Waals surface area contributed by atoms with Gasteiger partial charge >= 0.3 is 0 Å². The SMILES string of the molecule is CCOc1noc(C2=NC(C)(C)CO2)c1C[C@H]1N=C(OC)[C@H](C(C)C)N=C1OC. The molecular formula is C20H30N4O5. The number of rotatable bonds is 6. The number of ether oxygens (including phenoxy) is 4. The summed E-state index contributed by atoms with van der Waals surface area (Å²) in [6.07, 6.45) is 0.404. The van der Waals surface area contributed by atoms with Crippen LogP contribution in [-0.2, 0) is 20.6 Å². The highest BCUT2D eigenvalue weighted by Crippen LogP contribution is 2.30. The molecule has 2 aliphatic heterocycles. The minimum absolute atomic E-state index is 0.178. The standard InChI is InChI=1S/C20H30N4O5/c1-8-27-16-12(15(29-24-16)19-23-20(4,5)10-28-19)9-13-17(25-6)22-14(11(2)3)18(21-13)26-7/h11,13-14H,8-10H2,1-7H3/t13-,14+/m1/s1. The molecule has 0 aliphatic carbocycles. The second-order valence-corrected chi connectivity index (χ2v) is 8.00. The van der Waals surface area contributed by atoms with Crippen LogP contribution in [0.25, 0.3) is 0 Å². The first-order valence-electron chi connectivity index (χ1n) is 9.87. The van der Waals surface area contributed by atoms with Gasteiger partial charge in [0.2, 0.25) is 17.6 Å². The summed E-state index contributed by atoms with van der Waals surface area (Å²) in [5.74, 6) is 2.62. The third-order valence-electron chi connectivity index (χ3n) is 4.73. The van der Waals surface area contributed by atoms with Gasteiger partial charge in [0, 0.05) is 6.42 Å².